The molecule has 0 aromatic rings. The summed E-state index contributed by atoms with van der Waals surface area (Å²) in [6.07, 6.45) is 4.20. The molecule has 18 heavy (non-hydrogen) atoms. The molecule has 4 N–H and O–H groups in total. The van der Waals surface area contributed by atoms with Crippen molar-refractivity contribution < 1.29 is 15.0 Å². The average Bonchev–Trinajstić information content (AvgIpc) is 2.25. The van der Waals surface area contributed by atoms with Crippen LogP contribution in [0, 0.1) is 11.8 Å². The summed E-state index contributed by atoms with van der Waals surface area (Å²) in [5.74, 6) is 0.641. The molecule has 0 aromatic heterocycles. The first-order chi connectivity index (χ1) is 8.29. The lowest BCUT2D eigenvalue weighted by Gasteiger charge is -2.08. The van der Waals surface area contributed by atoms with Crippen LogP contribution in [0.3, 0.4) is 0 Å². The maximum Gasteiger partial charge on any atom is 0.303 e. The van der Waals surface area contributed by atoms with Gasteiger partial charge in [0.1, 0.15) is 0 Å². The summed E-state index contributed by atoms with van der Waals surface area (Å²) >= 11 is 0. The monoisotopic (exact) mass is 261 g/mol. The highest BCUT2D eigenvalue weighted by Crippen LogP contribution is 2.05. The van der Waals surface area contributed by atoms with Crippen molar-refractivity contribution >= 4 is 5.97 Å². The van der Waals surface area contributed by atoms with Gasteiger partial charge in [0.15, 0.2) is 0 Å². The molecule has 0 aliphatic rings. The maximum absolute atomic E-state index is 9.98. The van der Waals surface area contributed by atoms with E-state index in [0.29, 0.717) is 18.3 Å². The Labute approximate surface area is 112 Å². The molecule has 0 fully saturated rings. The van der Waals surface area contributed by atoms with E-state index >= 15 is 0 Å². The molecule has 1 unspecified atom stereocenters. The molecular weight excluding hydrogens is 230 g/mol. The third-order valence-electron chi connectivity index (χ3n) is 2.52. The van der Waals surface area contributed by atoms with E-state index in [4.69, 9.17) is 15.9 Å². The van der Waals surface area contributed by atoms with Crippen molar-refractivity contribution in [1.29, 1.82) is 0 Å². The molecule has 4 nitrogen and oxygen atoms in total. The summed E-state index contributed by atoms with van der Waals surface area (Å²) in [4.78, 5) is 9.98. The zero-order chi connectivity index (χ0) is 14.6. The molecule has 0 amide bonds. The van der Waals surface area contributed by atoms with Gasteiger partial charge >= 0.3 is 5.97 Å². The zero-order valence-corrected chi connectivity index (χ0v) is 12.4. The fourth-order valence-electron chi connectivity index (χ4n) is 1.30. The van der Waals surface area contributed by atoms with Crippen molar-refractivity contribution in [2.45, 2.75) is 65.8 Å². The van der Waals surface area contributed by atoms with Gasteiger partial charge in [-0.1, -0.05) is 34.1 Å². The van der Waals surface area contributed by atoms with Crippen molar-refractivity contribution in [3.63, 3.8) is 0 Å². The molecule has 0 bridgehead atoms. The van der Waals surface area contributed by atoms with E-state index in [1.54, 1.807) is 0 Å². The van der Waals surface area contributed by atoms with Gasteiger partial charge in [-0.15, -0.1) is 0 Å². The first-order valence-corrected chi connectivity index (χ1v) is 6.87. The minimum absolute atomic E-state index is 0.00704. The SMILES string of the molecule is CC(C)CCC(N)CO.CC(C)CCCC(=O)O. The second-order valence-corrected chi connectivity index (χ2v) is 5.59. The Morgan fingerprint density at radius 1 is 1.06 bits per heavy atom. The van der Waals surface area contributed by atoms with Crippen molar-refractivity contribution in [2.75, 3.05) is 6.61 Å². The molecule has 0 radical (unpaired) electrons. The molecule has 0 saturated heterocycles. The van der Waals surface area contributed by atoms with Gasteiger partial charge < -0.3 is 15.9 Å². The minimum Gasteiger partial charge on any atom is -0.481 e. The topological polar surface area (TPSA) is 83.5 Å². The van der Waals surface area contributed by atoms with Crippen LogP contribution in [0.25, 0.3) is 0 Å². The van der Waals surface area contributed by atoms with Crippen LogP contribution in [0.5, 0.6) is 0 Å². The van der Waals surface area contributed by atoms with Crippen LogP contribution in [0.4, 0.5) is 0 Å². The van der Waals surface area contributed by atoms with Crippen molar-refractivity contribution in [2.24, 2.45) is 17.6 Å². The smallest absolute Gasteiger partial charge is 0.303 e. The van der Waals surface area contributed by atoms with Crippen LogP contribution in [0.2, 0.25) is 0 Å². The van der Waals surface area contributed by atoms with E-state index in [1.165, 1.54) is 0 Å². The maximum atomic E-state index is 9.98. The normalized spacial score (nSPS) is 12.2. The van der Waals surface area contributed by atoms with E-state index in [1.807, 2.05) is 0 Å². The van der Waals surface area contributed by atoms with E-state index in [2.05, 4.69) is 27.7 Å². The number of hydrogen-bond acceptors (Lipinski definition) is 3. The quantitative estimate of drug-likeness (QED) is 0.627. The number of aliphatic hydroxyl groups excluding tert-OH is 1. The molecule has 0 heterocycles. The van der Waals surface area contributed by atoms with E-state index < -0.39 is 5.97 Å². The third-order valence-corrected chi connectivity index (χ3v) is 2.52. The Kier molecular flexibility index (Phi) is 14.1. The number of hydrogen-bond donors (Lipinski definition) is 3. The number of aliphatic hydroxyl groups is 1. The lowest BCUT2D eigenvalue weighted by atomic mass is 10.0. The summed E-state index contributed by atoms with van der Waals surface area (Å²) in [5.41, 5.74) is 5.47. The van der Waals surface area contributed by atoms with Crippen molar-refractivity contribution in [1.82, 2.24) is 0 Å². The molecule has 0 aliphatic carbocycles. The second-order valence-electron chi connectivity index (χ2n) is 5.59. The zero-order valence-electron chi connectivity index (χ0n) is 12.4. The summed E-state index contributed by atoms with van der Waals surface area (Å²) in [6.45, 7) is 8.63. The fourth-order valence-corrected chi connectivity index (χ4v) is 1.30. The van der Waals surface area contributed by atoms with Crippen molar-refractivity contribution in [3.05, 3.63) is 0 Å². The molecular formula is C14H31NO3. The lowest BCUT2D eigenvalue weighted by Crippen LogP contribution is -2.24. The molecule has 0 saturated carbocycles. The minimum atomic E-state index is -0.685. The van der Waals surface area contributed by atoms with Crippen LogP contribution < -0.4 is 5.73 Å². The van der Waals surface area contributed by atoms with E-state index in [0.717, 1.165) is 25.7 Å². The number of rotatable bonds is 8. The standard InChI is InChI=1S/C7H17NO.C7H14O2/c1-6(2)3-4-7(8)5-9;1-6(2)4-3-5-7(8)9/h6-7,9H,3-5,8H2,1-2H3;6H,3-5H2,1-2H3,(H,8,9). The largest absolute Gasteiger partial charge is 0.481 e. The fraction of sp³-hybridized carbons (Fsp3) is 0.929. The summed E-state index contributed by atoms with van der Waals surface area (Å²) in [6, 6.07) is -0.00704. The van der Waals surface area contributed by atoms with Crippen LogP contribution in [0.1, 0.15) is 59.8 Å². The third kappa shape index (κ3) is 20.8. The Morgan fingerprint density at radius 3 is 1.89 bits per heavy atom. The van der Waals surface area contributed by atoms with E-state index in [9.17, 15) is 4.79 Å². The van der Waals surface area contributed by atoms with Gasteiger partial charge in [-0.2, -0.15) is 0 Å². The highest BCUT2D eigenvalue weighted by atomic mass is 16.4. The van der Waals surface area contributed by atoms with Gasteiger partial charge in [-0.25, -0.2) is 0 Å². The summed E-state index contributed by atoms with van der Waals surface area (Å²) in [7, 11) is 0. The number of aliphatic carboxylic acids is 1. The van der Waals surface area contributed by atoms with Gasteiger partial charge in [-0.05, 0) is 31.1 Å². The first kappa shape index (κ1) is 19.7. The highest BCUT2D eigenvalue weighted by molar-refractivity contribution is 5.66. The predicted molar refractivity (Wildman–Crippen MR) is 75.5 cm³/mol. The molecule has 0 aliphatic heterocycles. The Morgan fingerprint density at radius 2 is 1.56 bits per heavy atom. The van der Waals surface area contributed by atoms with Gasteiger partial charge in [0, 0.05) is 12.5 Å². The van der Waals surface area contributed by atoms with Crippen LogP contribution in [-0.4, -0.2) is 28.8 Å². The number of carboxylic acids is 1. The molecule has 4 heteroatoms. The Balaban J connectivity index is 0. The van der Waals surface area contributed by atoms with Crippen LogP contribution in [0.15, 0.2) is 0 Å². The molecule has 1 atom stereocenters. The molecule has 110 valence electrons. The van der Waals surface area contributed by atoms with Gasteiger partial charge in [0.25, 0.3) is 0 Å². The predicted octanol–water partition coefficient (Wildman–Crippen LogP) is 2.64. The Hall–Kier alpha value is -0.610. The number of carboxylic acid groups (broad SMARTS) is 1. The highest BCUT2D eigenvalue weighted by Gasteiger charge is 2.00. The van der Waals surface area contributed by atoms with Crippen molar-refractivity contribution in [3.8, 4) is 0 Å². The Bertz CT molecular complexity index is 193. The van der Waals surface area contributed by atoms with Gasteiger partial charge in [0.05, 0.1) is 6.61 Å². The first-order valence-electron chi connectivity index (χ1n) is 6.87. The average molecular weight is 261 g/mol. The van der Waals surface area contributed by atoms with E-state index in [-0.39, 0.29) is 12.6 Å². The molecule has 0 aromatic carbocycles. The van der Waals surface area contributed by atoms with Crippen LogP contribution in [-0.2, 0) is 4.79 Å². The number of nitrogens with two attached hydrogens (primary N) is 1. The lowest BCUT2D eigenvalue weighted by molar-refractivity contribution is -0.137. The van der Waals surface area contributed by atoms with Gasteiger partial charge in [-0.3, -0.25) is 4.79 Å². The van der Waals surface area contributed by atoms with Crippen LogP contribution >= 0.6 is 0 Å². The summed E-state index contributed by atoms with van der Waals surface area (Å²) in [5, 5.41) is 16.7. The molecule has 0 rings (SSSR count). The second kappa shape index (κ2) is 12.8. The van der Waals surface area contributed by atoms with Gasteiger partial charge in [0.2, 0.25) is 0 Å². The summed E-state index contributed by atoms with van der Waals surface area (Å²) < 4.78 is 0. The molecule has 0 spiro atoms. The number of carbonyl (C=O) groups is 1.